The summed E-state index contributed by atoms with van der Waals surface area (Å²) in [5, 5.41) is 12.0. The summed E-state index contributed by atoms with van der Waals surface area (Å²) in [6.45, 7) is 2.22. The van der Waals surface area contributed by atoms with Crippen LogP contribution in [-0.2, 0) is 15.3 Å². The molecule has 0 aliphatic carbocycles. The fourth-order valence-electron chi connectivity index (χ4n) is 2.95. The second-order valence-electron chi connectivity index (χ2n) is 7.33. The maximum Gasteiger partial charge on any atom is 0.266 e. The number of nitrogens with one attached hydrogen (secondary N) is 1. The van der Waals surface area contributed by atoms with E-state index in [-0.39, 0.29) is 24.8 Å². The highest BCUT2D eigenvalue weighted by atomic mass is 35.5. The Morgan fingerprint density at radius 3 is 2.65 bits per heavy atom. The molecule has 34 heavy (non-hydrogen) atoms. The quantitative estimate of drug-likeness (QED) is 0.160. The van der Waals surface area contributed by atoms with Crippen LogP contribution in [0.1, 0.15) is 23.1 Å². The highest BCUT2D eigenvalue weighted by molar-refractivity contribution is 8.26. The van der Waals surface area contributed by atoms with Gasteiger partial charge in [0.15, 0.2) is 4.34 Å². The van der Waals surface area contributed by atoms with E-state index in [1.54, 1.807) is 0 Å². The van der Waals surface area contributed by atoms with Gasteiger partial charge in [-0.3, -0.25) is 14.5 Å². The lowest BCUT2D eigenvalue weighted by Crippen LogP contribution is -2.31. The van der Waals surface area contributed by atoms with Crippen molar-refractivity contribution < 1.29 is 9.59 Å². The molecule has 2 aromatic carbocycles. The number of aromatic nitrogens is 2. The van der Waals surface area contributed by atoms with Crippen molar-refractivity contribution in [1.29, 1.82) is 0 Å². The molecule has 0 atom stereocenters. The number of carbonyl (C=O) groups is 2. The van der Waals surface area contributed by atoms with E-state index in [0.29, 0.717) is 19.4 Å². The number of thioether (sulfide) groups is 2. The fraction of sp³-hybridized carbons (Fsp3) is 0.174. The number of thiocarbonyl (C=S) groups is 1. The number of nitrogens with zero attached hydrogens (tertiary/aromatic N) is 3. The lowest BCUT2D eigenvalue weighted by molar-refractivity contribution is -0.122. The molecule has 0 bridgehead atoms. The molecule has 1 aromatic heterocycles. The van der Waals surface area contributed by atoms with E-state index in [0.717, 1.165) is 26.8 Å². The van der Waals surface area contributed by atoms with E-state index in [9.17, 15) is 9.59 Å². The number of carbonyl (C=O) groups excluding carboxylic acids is 2. The van der Waals surface area contributed by atoms with Crippen molar-refractivity contribution in [3.8, 4) is 0 Å². The third-order valence-corrected chi connectivity index (χ3v) is 8.41. The second kappa shape index (κ2) is 11.5. The maximum absolute atomic E-state index is 12.8. The molecule has 4 rings (SSSR count). The van der Waals surface area contributed by atoms with E-state index in [1.807, 2.05) is 61.5 Å². The first-order chi connectivity index (χ1) is 16.4. The summed E-state index contributed by atoms with van der Waals surface area (Å²) in [7, 11) is 0. The number of halogens is 1. The molecule has 1 fully saturated rings. The molecule has 1 aliphatic rings. The van der Waals surface area contributed by atoms with Gasteiger partial charge in [0.05, 0.1) is 4.91 Å². The van der Waals surface area contributed by atoms with Gasteiger partial charge in [-0.25, -0.2) is 0 Å². The zero-order valence-electron chi connectivity index (χ0n) is 18.0. The predicted octanol–water partition coefficient (Wildman–Crippen LogP) is 6.02. The van der Waals surface area contributed by atoms with Crippen molar-refractivity contribution in [3.05, 3.63) is 75.1 Å². The Bertz CT molecular complexity index is 1240. The van der Waals surface area contributed by atoms with Crippen LogP contribution in [0.2, 0.25) is 5.02 Å². The van der Waals surface area contributed by atoms with E-state index < -0.39 is 0 Å². The van der Waals surface area contributed by atoms with Gasteiger partial charge in [-0.05, 0) is 36.3 Å². The third kappa shape index (κ3) is 6.67. The molecule has 1 saturated heterocycles. The first-order valence-corrected chi connectivity index (χ1v) is 13.6. The summed E-state index contributed by atoms with van der Waals surface area (Å²) in [5.74, 6) is 0.298. The van der Waals surface area contributed by atoms with Gasteiger partial charge >= 0.3 is 0 Å². The van der Waals surface area contributed by atoms with Crippen LogP contribution in [0.25, 0.3) is 6.08 Å². The van der Waals surface area contributed by atoms with Crippen molar-refractivity contribution >= 4 is 86.0 Å². The maximum atomic E-state index is 12.8. The molecule has 2 amide bonds. The average molecular weight is 547 g/mol. The van der Waals surface area contributed by atoms with Crippen molar-refractivity contribution in [3.63, 3.8) is 0 Å². The van der Waals surface area contributed by atoms with Crippen molar-refractivity contribution in [2.24, 2.45) is 0 Å². The Morgan fingerprint density at radius 2 is 1.91 bits per heavy atom. The normalized spacial score (nSPS) is 14.8. The minimum absolute atomic E-state index is 0.108. The molecule has 174 valence electrons. The number of benzene rings is 2. The van der Waals surface area contributed by atoms with E-state index in [2.05, 4.69) is 15.5 Å². The molecule has 2 heterocycles. The molecular weight excluding hydrogens is 528 g/mol. The molecule has 11 heteroatoms. The van der Waals surface area contributed by atoms with Crippen molar-refractivity contribution in [2.45, 2.75) is 23.4 Å². The number of hydrogen-bond donors (Lipinski definition) is 1. The van der Waals surface area contributed by atoms with Gasteiger partial charge < -0.3 is 5.32 Å². The zero-order valence-corrected chi connectivity index (χ0v) is 22.0. The molecule has 0 radical (unpaired) electrons. The summed E-state index contributed by atoms with van der Waals surface area (Å²) < 4.78 is 1.20. The largest absolute Gasteiger partial charge is 0.300 e. The molecule has 1 aliphatic heterocycles. The summed E-state index contributed by atoms with van der Waals surface area (Å²) in [5.41, 5.74) is 3.21. The van der Waals surface area contributed by atoms with Crippen LogP contribution in [0, 0.1) is 6.92 Å². The smallest absolute Gasteiger partial charge is 0.266 e. The van der Waals surface area contributed by atoms with Gasteiger partial charge in [-0.1, -0.05) is 101 Å². The molecule has 0 spiro atoms. The Labute approximate surface area is 220 Å². The van der Waals surface area contributed by atoms with E-state index in [4.69, 9.17) is 23.8 Å². The van der Waals surface area contributed by atoms with Crippen LogP contribution >= 0.6 is 58.7 Å². The lowest BCUT2D eigenvalue weighted by atomic mass is 10.1. The standard InChI is InChI=1S/C23H19ClN4O2S4/c1-14-2-4-15(5-3-14)12-18-20(30)28(23(31)33-18)11-10-19(29)25-21-26-27-22(34-21)32-13-16-6-8-17(24)9-7-16/h2-9,12H,10-11,13H2,1H3,(H,25,26,29)/b18-12-. The molecule has 0 unspecified atom stereocenters. The lowest BCUT2D eigenvalue weighted by Gasteiger charge is -2.13. The highest BCUT2D eigenvalue weighted by Crippen LogP contribution is 2.33. The minimum atomic E-state index is -0.248. The van der Waals surface area contributed by atoms with Crippen LogP contribution in [0.5, 0.6) is 0 Å². The Morgan fingerprint density at radius 1 is 1.18 bits per heavy atom. The molecule has 6 nitrogen and oxygen atoms in total. The van der Waals surface area contributed by atoms with Gasteiger partial charge in [-0.2, -0.15) is 0 Å². The first kappa shape index (κ1) is 24.9. The van der Waals surface area contributed by atoms with Gasteiger partial charge in [-0.15, -0.1) is 10.2 Å². The number of aryl methyl sites for hydroxylation is 1. The Balaban J connectivity index is 1.26. The number of amides is 2. The van der Waals surface area contributed by atoms with Gasteiger partial charge in [0.25, 0.3) is 5.91 Å². The monoisotopic (exact) mass is 546 g/mol. The topological polar surface area (TPSA) is 75.2 Å². The number of anilines is 1. The zero-order chi connectivity index (χ0) is 24.1. The highest BCUT2D eigenvalue weighted by Gasteiger charge is 2.32. The van der Waals surface area contributed by atoms with E-state index in [1.165, 1.54) is 39.8 Å². The van der Waals surface area contributed by atoms with Crippen LogP contribution in [-0.4, -0.2) is 37.8 Å². The van der Waals surface area contributed by atoms with Crippen molar-refractivity contribution in [2.75, 3.05) is 11.9 Å². The number of rotatable bonds is 8. The average Bonchev–Trinajstić information content (AvgIpc) is 3.37. The summed E-state index contributed by atoms with van der Waals surface area (Å²) in [6, 6.07) is 15.5. The fourth-order valence-corrected chi connectivity index (χ4v) is 6.10. The molecule has 1 N–H and O–H groups in total. The number of hydrogen-bond acceptors (Lipinski definition) is 8. The van der Waals surface area contributed by atoms with Crippen LogP contribution in [0.3, 0.4) is 0 Å². The minimum Gasteiger partial charge on any atom is -0.300 e. The van der Waals surface area contributed by atoms with E-state index >= 15 is 0 Å². The van der Waals surface area contributed by atoms with Gasteiger partial charge in [0, 0.05) is 23.7 Å². The first-order valence-electron chi connectivity index (χ1n) is 10.2. The van der Waals surface area contributed by atoms with Crippen LogP contribution < -0.4 is 5.32 Å². The summed E-state index contributed by atoms with van der Waals surface area (Å²) in [6.07, 6.45) is 1.93. The van der Waals surface area contributed by atoms with Crippen molar-refractivity contribution in [1.82, 2.24) is 15.1 Å². The molecule has 3 aromatic rings. The third-order valence-electron chi connectivity index (χ3n) is 4.74. The Kier molecular flexibility index (Phi) is 8.38. The van der Waals surface area contributed by atoms with Crippen LogP contribution in [0.4, 0.5) is 5.13 Å². The SMILES string of the molecule is Cc1ccc(/C=C2\SC(=S)N(CCC(=O)Nc3nnc(SCc4ccc(Cl)cc4)s3)C2=O)cc1. The summed E-state index contributed by atoms with van der Waals surface area (Å²) in [4.78, 5) is 27.2. The molecular formula is C23H19ClN4O2S4. The summed E-state index contributed by atoms with van der Waals surface area (Å²) >= 11 is 15.4. The predicted molar refractivity (Wildman–Crippen MR) is 145 cm³/mol. The second-order valence-corrected chi connectivity index (χ2v) is 11.6. The van der Waals surface area contributed by atoms with Crippen LogP contribution in [0.15, 0.2) is 57.8 Å². The molecule has 0 saturated carbocycles. The van der Waals surface area contributed by atoms with Gasteiger partial charge in [0.1, 0.15) is 4.32 Å². The Hall–Kier alpha value is -2.24. The van der Waals surface area contributed by atoms with Gasteiger partial charge in [0.2, 0.25) is 11.0 Å².